The third-order valence-corrected chi connectivity index (χ3v) is 14.9. The zero-order chi connectivity index (χ0) is 57.3. The SMILES string of the molecule is CC1(C)OC=C(O)C(NC(=O)c2c(Br)c(NC(=O)CC(=O)Nc3c(Br)c(C(=O)NC4=COC(C)(C)OC=C4O)c(Br)c(C(=O)NC4=COC(C)(C)OC=C4O)c3Br)c(Br)c(C(=O)NC3=COC(C)(C)OC=C3O)c2Br)=CO1. The number of carbonyl (C=O) groups is 6. The molecular weight excluding hydrogens is 1420 g/mol. The fourth-order valence-corrected chi connectivity index (χ4v) is 12.0. The summed E-state index contributed by atoms with van der Waals surface area (Å²) in [5.74, 6) is -13.5. The van der Waals surface area contributed by atoms with Crippen molar-refractivity contribution in [3.8, 4) is 0 Å². The van der Waals surface area contributed by atoms with Crippen LogP contribution < -0.4 is 31.9 Å². The van der Waals surface area contributed by atoms with Gasteiger partial charge in [0, 0.05) is 64.3 Å². The van der Waals surface area contributed by atoms with E-state index in [0.717, 1.165) is 50.1 Å². The highest BCUT2D eigenvalue weighted by Gasteiger charge is 2.35. The summed E-state index contributed by atoms with van der Waals surface area (Å²) in [4.78, 5) is 85.0. The second-order valence-electron chi connectivity index (χ2n) is 17.9. The van der Waals surface area contributed by atoms with Crippen molar-refractivity contribution < 1.29 is 87.1 Å². The molecule has 0 bridgehead atoms. The number of aliphatic hydroxyl groups is 4. The third-order valence-electron chi connectivity index (χ3n) is 10.1. The van der Waals surface area contributed by atoms with Crippen LogP contribution in [0.3, 0.4) is 0 Å². The van der Waals surface area contributed by atoms with E-state index < -0.39 is 88.0 Å². The van der Waals surface area contributed by atoms with E-state index in [1.54, 1.807) is 0 Å². The summed E-state index contributed by atoms with van der Waals surface area (Å²) in [5.41, 5.74) is -3.23. The molecule has 10 N–H and O–H groups in total. The van der Waals surface area contributed by atoms with Crippen LogP contribution in [0.15, 0.2) is 123 Å². The first kappa shape index (κ1) is 59.9. The number of halogens is 6. The molecular formula is C47H44Br6N6O18. The summed E-state index contributed by atoms with van der Waals surface area (Å²) < 4.78 is 42.4. The van der Waals surface area contributed by atoms with Gasteiger partial charge in [-0.2, -0.15) is 0 Å². The molecule has 0 unspecified atom stereocenters. The maximum atomic E-state index is 14.2. The highest BCUT2D eigenvalue weighted by molar-refractivity contribution is 9.12. The van der Waals surface area contributed by atoms with Crippen LogP contribution in [0.5, 0.6) is 0 Å². The van der Waals surface area contributed by atoms with E-state index in [1.807, 2.05) is 0 Å². The summed E-state index contributed by atoms with van der Waals surface area (Å²) in [6.45, 7) is 12.2. The van der Waals surface area contributed by atoms with Gasteiger partial charge >= 0.3 is 0 Å². The predicted octanol–water partition coefficient (Wildman–Crippen LogP) is 10.2. The molecule has 6 amide bonds. The summed E-state index contributed by atoms with van der Waals surface area (Å²) in [6, 6.07) is 0. The Hall–Kier alpha value is -6.34. The van der Waals surface area contributed by atoms with Crippen molar-refractivity contribution in [1.82, 2.24) is 21.3 Å². The molecule has 4 aliphatic rings. The van der Waals surface area contributed by atoms with Gasteiger partial charge in [0.05, 0.1) is 51.5 Å². The number of rotatable bonds is 12. The van der Waals surface area contributed by atoms with Gasteiger partial charge in [0.1, 0.15) is 79.3 Å². The summed E-state index contributed by atoms with van der Waals surface area (Å²) in [6.07, 6.45) is 6.75. The Balaban J connectivity index is 1.38. The van der Waals surface area contributed by atoms with Crippen molar-refractivity contribution >= 4 is 142 Å². The third kappa shape index (κ3) is 14.2. The van der Waals surface area contributed by atoms with Gasteiger partial charge in [0.15, 0.2) is 23.0 Å². The zero-order valence-corrected chi connectivity index (χ0v) is 50.6. The molecule has 2 aromatic rings. The molecule has 0 aliphatic carbocycles. The van der Waals surface area contributed by atoms with Crippen LogP contribution >= 0.6 is 95.6 Å². The molecule has 412 valence electrons. The van der Waals surface area contributed by atoms with E-state index in [4.69, 9.17) is 37.9 Å². The molecule has 0 aromatic heterocycles. The van der Waals surface area contributed by atoms with Crippen molar-refractivity contribution in [2.75, 3.05) is 10.6 Å². The van der Waals surface area contributed by atoms with E-state index in [9.17, 15) is 49.2 Å². The molecule has 0 radical (unpaired) electrons. The van der Waals surface area contributed by atoms with Gasteiger partial charge in [0.2, 0.25) is 35.0 Å². The number of benzene rings is 2. The topological polar surface area (TPSA) is 329 Å². The number of amides is 6. The van der Waals surface area contributed by atoms with E-state index >= 15 is 0 Å². The van der Waals surface area contributed by atoms with Gasteiger partial charge in [-0.15, -0.1) is 0 Å². The van der Waals surface area contributed by atoms with Gasteiger partial charge in [-0.3, -0.25) is 28.8 Å². The molecule has 0 saturated heterocycles. The van der Waals surface area contributed by atoms with Crippen LogP contribution in [0.4, 0.5) is 11.4 Å². The van der Waals surface area contributed by atoms with Crippen LogP contribution in [0.1, 0.15) is 103 Å². The van der Waals surface area contributed by atoms with Crippen molar-refractivity contribution in [3.05, 3.63) is 145 Å². The summed E-state index contributed by atoms with van der Waals surface area (Å²) >= 11 is 20.0. The van der Waals surface area contributed by atoms with Crippen molar-refractivity contribution in [1.29, 1.82) is 0 Å². The Bertz CT molecular complexity index is 2770. The molecule has 0 saturated carbocycles. The van der Waals surface area contributed by atoms with Crippen molar-refractivity contribution in [2.45, 2.75) is 85.0 Å². The minimum absolute atomic E-state index is 0.191. The molecule has 24 nitrogen and oxygen atoms in total. The van der Waals surface area contributed by atoms with Crippen molar-refractivity contribution in [2.24, 2.45) is 0 Å². The quantitative estimate of drug-likeness (QED) is 0.0883. The van der Waals surface area contributed by atoms with Gasteiger partial charge in [-0.25, -0.2) is 0 Å². The minimum Gasteiger partial charge on any atom is -0.503 e. The number of anilines is 2. The molecule has 2 aromatic carbocycles. The normalized spacial score (nSPS) is 17.8. The zero-order valence-electron chi connectivity index (χ0n) is 41.1. The Morgan fingerprint density at radius 2 is 0.545 bits per heavy atom. The molecule has 0 atom stereocenters. The molecule has 0 fully saturated rings. The smallest absolute Gasteiger partial charge is 0.258 e. The minimum atomic E-state index is -1.26. The maximum Gasteiger partial charge on any atom is 0.258 e. The van der Waals surface area contributed by atoms with Gasteiger partial charge in [-0.1, -0.05) is 0 Å². The van der Waals surface area contributed by atoms with Gasteiger partial charge in [0.25, 0.3) is 23.6 Å². The number of nitrogens with one attached hydrogen (secondary N) is 6. The molecule has 0 spiro atoms. The average Bonchev–Trinajstić information content (AvgIpc) is 3.68. The Morgan fingerprint density at radius 1 is 0.351 bits per heavy atom. The first-order chi connectivity index (χ1) is 35.7. The fraction of sp³-hybridized carbons (Fsp3) is 0.277. The molecule has 6 rings (SSSR count). The van der Waals surface area contributed by atoms with Crippen LogP contribution in [-0.4, -0.2) is 79.0 Å². The molecule has 4 aliphatic heterocycles. The van der Waals surface area contributed by atoms with Crippen LogP contribution in [-0.2, 0) is 47.5 Å². The number of aliphatic hydroxyl groups excluding tert-OH is 4. The molecule has 77 heavy (non-hydrogen) atoms. The lowest BCUT2D eigenvalue weighted by Crippen LogP contribution is -2.30. The lowest BCUT2D eigenvalue weighted by molar-refractivity contribution is -0.142. The highest BCUT2D eigenvalue weighted by Crippen LogP contribution is 2.45. The maximum absolute atomic E-state index is 14.2. The van der Waals surface area contributed by atoms with E-state index in [2.05, 4.69) is 127 Å². The Labute approximate surface area is 487 Å². The lowest BCUT2D eigenvalue weighted by atomic mass is 10.1. The fourth-order valence-electron chi connectivity index (χ4n) is 6.17. The number of hydrogen-bond acceptors (Lipinski definition) is 18. The number of carbonyl (C=O) groups excluding carboxylic acids is 6. The standard InChI is InChI=1S/C47H44Br6N6O18/c1-44(2)70-10-18(22(60)14-74-44)54-40(66)28-32(48)29(41(67)55-19-11-71-45(3,4)75-15-23(19)61)35(51)38(34(28)50)58-26(64)9-27(65)59-39-36(52)30(42(68)56-20-12-72-46(5,6)76-16-24(20)62)33(49)31(37(39)53)43(69)57-21-13-73-47(7,8)77-17-25(21)63/h10-17,60-63H,9H2,1-8H3,(H,54,66)(H,55,67)(H,56,68)(H,57,69)(H,58,64)(H,59,65). The lowest BCUT2D eigenvalue weighted by Gasteiger charge is -2.22. The predicted molar refractivity (Wildman–Crippen MR) is 291 cm³/mol. The van der Waals surface area contributed by atoms with Crippen LogP contribution in [0.2, 0.25) is 0 Å². The summed E-state index contributed by atoms with van der Waals surface area (Å²) in [7, 11) is 0. The second kappa shape index (κ2) is 23.3. The van der Waals surface area contributed by atoms with Crippen LogP contribution in [0, 0.1) is 0 Å². The van der Waals surface area contributed by atoms with Gasteiger partial charge in [-0.05, 0) is 95.6 Å². The van der Waals surface area contributed by atoms with Gasteiger partial charge < -0.3 is 90.2 Å². The van der Waals surface area contributed by atoms with E-state index in [1.165, 1.54) is 55.4 Å². The van der Waals surface area contributed by atoms with Crippen molar-refractivity contribution in [3.63, 3.8) is 0 Å². The second-order valence-corrected chi connectivity index (χ2v) is 22.7. The van der Waals surface area contributed by atoms with Crippen LogP contribution in [0.25, 0.3) is 0 Å². The molecule has 30 heteroatoms. The first-order valence-electron chi connectivity index (χ1n) is 21.8. The largest absolute Gasteiger partial charge is 0.503 e. The Kier molecular flexibility index (Phi) is 18.1. The first-order valence-corrected chi connectivity index (χ1v) is 26.5. The van der Waals surface area contributed by atoms with E-state index in [0.29, 0.717) is 0 Å². The highest BCUT2D eigenvalue weighted by atomic mass is 79.9. The number of hydrogen-bond donors (Lipinski definition) is 10. The average molecular weight is 1460 g/mol. The summed E-state index contributed by atoms with van der Waals surface area (Å²) in [5, 5.41) is 57.7. The molecule has 4 heterocycles. The van der Waals surface area contributed by atoms with E-state index in [-0.39, 0.29) is 83.3 Å². The monoisotopic (exact) mass is 1450 g/mol. The Morgan fingerprint density at radius 3 is 0.753 bits per heavy atom. The number of ether oxygens (including phenoxy) is 8.